The highest BCUT2D eigenvalue weighted by molar-refractivity contribution is 5.71. The van der Waals surface area contributed by atoms with Gasteiger partial charge in [0.1, 0.15) is 13.2 Å². The number of carbonyl (C=O) groups is 3. The van der Waals surface area contributed by atoms with Crippen LogP contribution in [0.15, 0.2) is 122 Å². The van der Waals surface area contributed by atoms with Gasteiger partial charge in [0.15, 0.2) is 6.10 Å². The van der Waals surface area contributed by atoms with Crippen molar-refractivity contribution in [1.29, 1.82) is 0 Å². The van der Waals surface area contributed by atoms with Gasteiger partial charge in [0.05, 0.1) is 0 Å². The summed E-state index contributed by atoms with van der Waals surface area (Å²) < 4.78 is 16.9. The summed E-state index contributed by atoms with van der Waals surface area (Å²) in [7, 11) is 0. The quantitative estimate of drug-likeness (QED) is 0.0261. The van der Waals surface area contributed by atoms with Crippen LogP contribution in [0.3, 0.4) is 0 Å². The van der Waals surface area contributed by atoms with Crippen LogP contribution in [-0.2, 0) is 28.6 Å². The molecule has 0 bridgehead atoms. The summed E-state index contributed by atoms with van der Waals surface area (Å²) >= 11 is 0. The molecule has 0 fully saturated rings. The van der Waals surface area contributed by atoms with Gasteiger partial charge in [-0.3, -0.25) is 14.4 Å². The number of unbranched alkanes of at least 4 members (excludes halogenated alkanes) is 29. The molecule has 0 aliphatic carbocycles. The summed E-state index contributed by atoms with van der Waals surface area (Å²) in [5.74, 6) is -0.957. The van der Waals surface area contributed by atoms with Crippen LogP contribution in [0.25, 0.3) is 0 Å². The first-order valence-corrected chi connectivity index (χ1v) is 33.5. The number of esters is 3. The van der Waals surface area contributed by atoms with Crippen LogP contribution in [0.2, 0.25) is 0 Å². The number of carbonyl (C=O) groups excluding carboxylic acids is 3. The monoisotopic (exact) mass is 1110 g/mol. The molecule has 6 heteroatoms. The van der Waals surface area contributed by atoms with Gasteiger partial charge in [0.2, 0.25) is 0 Å². The molecular weight excluding hydrogens is 985 g/mol. The van der Waals surface area contributed by atoms with E-state index in [0.717, 1.165) is 103 Å². The third kappa shape index (κ3) is 64.6. The van der Waals surface area contributed by atoms with Crippen molar-refractivity contribution in [3.05, 3.63) is 122 Å². The molecule has 0 aliphatic rings. The van der Waals surface area contributed by atoms with Gasteiger partial charge in [0.25, 0.3) is 0 Å². The zero-order valence-corrected chi connectivity index (χ0v) is 52.3. The first-order valence-electron chi connectivity index (χ1n) is 33.5. The number of rotatable bonds is 60. The van der Waals surface area contributed by atoms with Crippen LogP contribution in [0, 0.1) is 0 Å². The maximum atomic E-state index is 12.9. The van der Waals surface area contributed by atoms with E-state index in [2.05, 4.69) is 142 Å². The Morgan fingerprint density at radius 3 is 0.800 bits per heavy atom. The Balaban J connectivity index is 4.30. The van der Waals surface area contributed by atoms with E-state index in [4.69, 9.17) is 14.2 Å². The Hall–Kier alpha value is -4.19. The molecule has 0 saturated carbocycles. The Kier molecular flexibility index (Phi) is 63.8. The zero-order valence-electron chi connectivity index (χ0n) is 52.3. The van der Waals surface area contributed by atoms with Crippen LogP contribution in [0.4, 0.5) is 0 Å². The fourth-order valence-electron chi connectivity index (χ4n) is 9.21. The second-order valence-corrected chi connectivity index (χ2v) is 22.0. The molecule has 0 rings (SSSR count). The molecule has 0 heterocycles. The third-order valence-corrected chi connectivity index (χ3v) is 14.2. The summed E-state index contributed by atoms with van der Waals surface area (Å²) in [4.78, 5) is 38.2. The van der Waals surface area contributed by atoms with Crippen molar-refractivity contribution in [3.63, 3.8) is 0 Å². The molecule has 0 spiro atoms. The molecule has 0 aromatic carbocycles. The fraction of sp³-hybridized carbons (Fsp3) is 0.689. The number of ether oxygens (including phenoxy) is 3. The Labute approximate surface area is 494 Å². The Bertz CT molecular complexity index is 1650. The van der Waals surface area contributed by atoms with E-state index in [1.807, 2.05) is 0 Å². The van der Waals surface area contributed by atoms with Crippen LogP contribution in [-0.4, -0.2) is 37.2 Å². The van der Waals surface area contributed by atoms with Gasteiger partial charge < -0.3 is 14.2 Å². The van der Waals surface area contributed by atoms with E-state index in [1.165, 1.54) is 161 Å². The summed E-state index contributed by atoms with van der Waals surface area (Å²) in [6.45, 7) is 6.47. The maximum Gasteiger partial charge on any atom is 0.306 e. The van der Waals surface area contributed by atoms with Gasteiger partial charge in [-0.1, -0.05) is 303 Å². The molecule has 1 atom stereocenters. The first-order chi connectivity index (χ1) is 39.5. The van der Waals surface area contributed by atoms with E-state index >= 15 is 0 Å². The number of allylic oxidation sites excluding steroid dienone is 20. The van der Waals surface area contributed by atoms with Gasteiger partial charge in [-0.05, 0) is 109 Å². The summed E-state index contributed by atoms with van der Waals surface area (Å²) in [5, 5.41) is 0. The van der Waals surface area contributed by atoms with Crippen LogP contribution >= 0.6 is 0 Å². The van der Waals surface area contributed by atoms with Crippen molar-refractivity contribution in [3.8, 4) is 0 Å². The highest BCUT2D eigenvalue weighted by atomic mass is 16.6. The molecule has 0 aromatic rings. The lowest BCUT2D eigenvalue weighted by atomic mass is 10.0. The van der Waals surface area contributed by atoms with E-state index in [0.29, 0.717) is 19.3 Å². The van der Waals surface area contributed by atoms with Crippen LogP contribution < -0.4 is 0 Å². The molecule has 0 N–H and O–H groups in total. The van der Waals surface area contributed by atoms with Gasteiger partial charge in [0, 0.05) is 19.3 Å². The lowest BCUT2D eigenvalue weighted by Crippen LogP contribution is -2.30. The second kappa shape index (κ2) is 67.3. The lowest BCUT2D eigenvalue weighted by Gasteiger charge is -2.18. The van der Waals surface area contributed by atoms with E-state index in [1.54, 1.807) is 0 Å². The standard InChI is InChI=1S/C74H124O6/c1-4-7-10-13-16-19-22-24-26-28-30-32-34-35-36-37-38-39-41-42-44-46-48-50-52-55-58-61-64-67-73(76)79-70-71(69-78-72(75)66-63-60-57-54-21-18-15-12-9-6-3)80-74(77)68-65-62-59-56-53-51-49-47-45-43-40-33-31-29-27-25-23-20-17-14-11-8-5-2/h8,11,17,20,22,24-25,27-28,30-31,33-35,43,45,49,51,56,59,71H,4-7,9-10,12-16,18-19,21,23,26,29,32,36-42,44,46-48,50,52-55,57-58,60-70H2,1-3H3/b11-8-,20-17-,24-22-,27-25-,30-28-,33-31-,35-34-,45-43-,51-49-,59-56-. The van der Waals surface area contributed by atoms with Crippen molar-refractivity contribution in [2.24, 2.45) is 0 Å². The minimum atomic E-state index is -0.810. The molecule has 6 nitrogen and oxygen atoms in total. The molecule has 0 saturated heterocycles. The van der Waals surface area contributed by atoms with E-state index < -0.39 is 6.10 Å². The predicted octanol–water partition coefficient (Wildman–Crippen LogP) is 23.2. The molecule has 0 radical (unpaired) electrons. The largest absolute Gasteiger partial charge is 0.462 e. The van der Waals surface area contributed by atoms with Crippen LogP contribution in [0.1, 0.15) is 310 Å². The average molecular weight is 1110 g/mol. The van der Waals surface area contributed by atoms with Gasteiger partial charge >= 0.3 is 17.9 Å². The minimum Gasteiger partial charge on any atom is -0.462 e. The number of hydrogen-bond donors (Lipinski definition) is 0. The van der Waals surface area contributed by atoms with Crippen molar-refractivity contribution in [2.75, 3.05) is 13.2 Å². The average Bonchev–Trinajstić information content (AvgIpc) is 3.46. The van der Waals surface area contributed by atoms with Crippen molar-refractivity contribution < 1.29 is 28.6 Å². The predicted molar refractivity (Wildman–Crippen MR) is 348 cm³/mol. The SMILES string of the molecule is CC/C=C\C/C=C\C/C=C\C/C=C\C/C=C\C/C=C\C/C=C\CCCC(=O)OC(COC(=O)CCCCCCCCCCCC)COC(=O)CCCCCCCCCCCCCCCC/C=C\C/C=C\C/C=C\CCCCCCC. The Morgan fingerprint density at radius 1 is 0.263 bits per heavy atom. The number of hydrogen-bond acceptors (Lipinski definition) is 6. The molecule has 456 valence electrons. The zero-order chi connectivity index (χ0) is 57.8. The third-order valence-electron chi connectivity index (χ3n) is 14.2. The summed E-state index contributed by atoms with van der Waals surface area (Å²) in [6, 6.07) is 0. The molecule has 0 aliphatic heterocycles. The highest BCUT2D eigenvalue weighted by Crippen LogP contribution is 2.16. The summed E-state index contributed by atoms with van der Waals surface area (Å²) in [6.07, 6.45) is 93.7. The van der Waals surface area contributed by atoms with E-state index in [9.17, 15) is 14.4 Å². The summed E-state index contributed by atoms with van der Waals surface area (Å²) in [5.41, 5.74) is 0. The molecule has 0 aromatic heterocycles. The van der Waals surface area contributed by atoms with Crippen molar-refractivity contribution in [1.82, 2.24) is 0 Å². The molecule has 80 heavy (non-hydrogen) atoms. The normalized spacial score (nSPS) is 12.9. The smallest absolute Gasteiger partial charge is 0.306 e. The highest BCUT2D eigenvalue weighted by Gasteiger charge is 2.19. The molecule has 0 amide bonds. The lowest BCUT2D eigenvalue weighted by molar-refractivity contribution is -0.167. The van der Waals surface area contributed by atoms with Gasteiger partial charge in [-0.15, -0.1) is 0 Å². The molecular formula is C74H124O6. The van der Waals surface area contributed by atoms with Gasteiger partial charge in [-0.25, -0.2) is 0 Å². The topological polar surface area (TPSA) is 78.9 Å². The van der Waals surface area contributed by atoms with Crippen molar-refractivity contribution in [2.45, 2.75) is 316 Å². The first kappa shape index (κ1) is 75.8. The Morgan fingerprint density at radius 2 is 0.500 bits per heavy atom. The second-order valence-electron chi connectivity index (χ2n) is 22.0. The van der Waals surface area contributed by atoms with Crippen molar-refractivity contribution >= 4 is 17.9 Å². The molecule has 1 unspecified atom stereocenters. The van der Waals surface area contributed by atoms with Gasteiger partial charge in [-0.2, -0.15) is 0 Å². The maximum absolute atomic E-state index is 12.9. The van der Waals surface area contributed by atoms with Crippen LogP contribution in [0.5, 0.6) is 0 Å². The minimum absolute atomic E-state index is 0.101. The fourth-order valence-corrected chi connectivity index (χ4v) is 9.21. The van der Waals surface area contributed by atoms with E-state index in [-0.39, 0.29) is 37.5 Å².